The Morgan fingerprint density at radius 2 is 1.75 bits per heavy atom. The lowest BCUT2D eigenvalue weighted by Gasteiger charge is -2.24. The Morgan fingerprint density at radius 1 is 1.06 bits per heavy atom. The van der Waals surface area contributed by atoms with Crippen LogP contribution in [-0.2, 0) is 27.7 Å². The van der Waals surface area contributed by atoms with Gasteiger partial charge in [0.2, 0.25) is 5.89 Å². The highest BCUT2D eigenvalue weighted by Gasteiger charge is 2.42. The molecule has 4 aromatic rings. The highest BCUT2D eigenvalue weighted by atomic mass is 32.2. The maximum absolute atomic E-state index is 13.4. The van der Waals surface area contributed by atoms with Crippen LogP contribution >= 0.6 is 0 Å². The largest absolute Gasteiger partial charge is 0.493 e. The third-order valence-corrected chi connectivity index (χ3v) is 7.95. The monoisotopic (exact) mass is 504 g/mol. The van der Waals surface area contributed by atoms with Crippen molar-refractivity contribution in [3.8, 4) is 17.2 Å². The van der Waals surface area contributed by atoms with Gasteiger partial charge in [0.05, 0.1) is 22.9 Å². The zero-order valence-electron chi connectivity index (χ0n) is 19.5. The summed E-state index contributed by atoms with van der Waals surface area (Å²) >= 11 is 0. The molecule has 1 aromatic heterocycles. The first kappa shape index (κ1) is 23.6. The van der Waals surface area contributed by atoms with Crippen LogP contribution in [0.5, 0.6) is 5.75 Å². The second-order valence-electron chi connectivity index (χ2n) is 8.45. The molecule has 1 aliphatic rings. The molecular weight excluding hydrogens is 480 g/mol. The molecular formula is C27H24N2O6S. The van der Waals surface area contributed by atoms with Crippen LogP contribution in [0.3, 0.4) is 0 Å². The van der Waals surface area contributed by atoms with Crippen LogP contribution in [0.15, 0.2) is 88.2 Å². The van der Waals surface area contributed by atoms with Gasteiger partial charge in [-0.2, -0.15) is 0 Å². The van der Waals surface area contributed by atoms with Crippen LogP contribution in [0.4, 0.5) is 5.69 Å². The van der Waals surface area contributed by atoms with Crippen LogP contribution in [0.2, 0.25) is 0 Å². The molecule has 0 saturated heterocycles. The van der Waals surface area contributed by atoms with Crippen molar-refractivity contribution in [2.45, 2.75) is 30.7 Å². The zero-order chi connectivity index (χ0) is 25.3. The molecule has 36 heavy (non-hydrogen) atoms. The fourth-order valence-corrected chi connectivity index (χ4v) is 5.94. The predicted octanol–water partition coefficient (Wildman–Crippen LogP) is 4.48. The molecule has 0 aliphatic carbocycles. The number of ether oxygens (including phenoxy) is 1. The van der Waals surface area contributed by atoms with Crippen molar-refractivity contribution in [2.24, 2.45) is 0 Å². The van der Waals surface area contributed by atoms with E-state index in [4.69, 9.17) is 9.15 Å². The lowest BCUT2D eigenvalue weighted by molar-refractivity contribution is -0.138. The first-order valence-electron chi connectivity index (χ1n) is 11.4. The Kier molecular flexibility index (Phi) is 6.24. The minimum atomic E-state index is -4.08. The van der Waals surface area contributed by atoms with E-state index < -0.39 is 22.0 Å². The van der Waals surface area contributed by atoms with Crippen molar-refractivity contribution in [1.82, 2.24) is 4.98 Å². The fourth-order valence-electron chi connectivity index (χ4n) is 4.29. The van der Waals surface area contributed by atoms with Crippen molar-refractivity contribution in [1.29, 1.82) is 0 Å². The first-order chi connectivity index (χ1) is 17.3. The summed E-state index contributed by atoms with van der Waals surface area (Å²) in [6.07, 6.45) is 0.645. The standard InChI is InChI=1S/C27H24N2O6S/c1-18-23(28-26(35-18)19-7-3-2-4-8-19)15-16-34-21-11-13-22(14-12-21)36(32,33)29-24-10-6-5-9-20(24)17-25(29)27(30)31/h2-14,25H,15-17H2,1H3,(H,30,31)/t25-/m1/s1. The van der Waals surface area contributed by atoms with Crippen molar-refractivity contribution in [2.75, 3.05) is 10.9 Å². The topological polar surface area (TPSA) is 110 Å². The Labute approximate surface area is 208 Å². The number of anilines is 1. The van der Waals surface area contributed by atoms with E-state index in [2.05, 4.69) is 4.98 Å². The highest BCUT2D eigenvalue weighted by molar-refractivity contribution is 7.93. The summed E-state index contributed by atoms with van der Waals surface area (Å²) in [6, 6.07) is 21.3. The Bertz CT molecular complexity index is 1500. The molecule has 1 atom stereocenters. The smallest absolute Gasteiger partial charge is 0.327 e. The number of sulfonamides is 1. The van der Waals surface area contributed by atoms with Gasteiger partial charge in [0.1, 0.15) is 17.6 Å². The number of carboxylic acid groups (broad SMARTS) is 1. The van der Waals surface area contributed by atoms with E-state index in [0.29, 0.717) is 35.9 Å². The van der Waals surface area contributed by atoms with Gasteiger partial charge < -0.3 is 14.3 Å². The van der Waals surface area contributed by atoms with Gasteiger partial charge in [-0.15, -0.1) is 0 Å². The van der Waals surface area contributed by atoms with Gasteiger partial charge in [0.25, 0.3) is 10.0 Å². The van der Waals surface area contributed by atoms with Crippen LogP contribution in [0.1, 0.15) is 17.0 Å². The normalized spacial score (nSPS) is 15.0. The number of carboxylic acids is 1. The lowest BCUT2D eigenvalue weighted by atomic mass is 10.1. The second kappa shape index (κ2) is 9.50. The first-order valence-corrected chi connectivity index (χ1v) is 12.9. The van der Waals surface area contributed by atoms with Gasteiger partial charge in [0, 0.05) is 18.4 Å². The minimum absolute atomic E-state index is 0.00217. The zero-order valence-corrected chi connectivity index (χ0v) is 20.3. The van der Waals surface area contributed by atoms with Gasteiger partial charge in [-0.3, -0.25) is 4.31 Å². The van der Waals surface area contributed by atoms with Crippen LogP contribution < -0.4 is 9.04 Å². The predicted molar refractivity (Wildman–Crippen MR) is 134 cm³/mol. The van der Waals surface area contributed by atoms with Crippen LogP contribution in [0, 0.1) is 6.92 Å². The van der Waals surface area contributed by atoms with E-state index in [1.54, 1.807) is 36.4 Å². The molecule has 0 radical (unpaired) electrons. The SMILES string of the molecule is Cc1oc(-c2ccccc2)nc1CCOc1ccc(S(=O)(=O)N2c3ccccc3C[C@@H]2C(=O)O)cc1. The van der Waals surface area contributed by atoms with Crippen molar-refractivity contribution in [3.05, 3.63) is 95.9 Å². The third kappa shape index (κ3) is 4.45. The molecule has 1 aliphatic heterocycles. The van der Waals surface area contributed by atoms with E-state index in [1.807, 2.05) is 37.3 Å². The summed E-state index contributed by atoms with van der Waals surface area (Å²) < 4.78 is 39.3. The molecule has 0 spiro atoms. The number of nitrogens with zero attached hydrogens (tertiary/aromatic N) is 2. The van der Waals surface area contributed by atoms with Gasteiger partial charge in [-0.1, -0.05) is 36.4 Å². The van der Waals surface area contributed by atoms with E-state index in [-0.39, 0.29) is 11.3 Å². The van der Waals surface area contributed by atoms with Crippen molar-refractivity contribution >= 4 is 21.7 Å². The summed E-state index contributed by atoms with van der Waals surface area (Å²) in [5.41, 5.74) is 2.77. The molecule has 0 amide bonds. The molecule has 0 bridgehead atoms. The molecule has 2 heterocycles. The number of hydrogen-bond donors (Lipinski definition) is 1. The molecule has 8 nitrogen and oxygen atoms in total. The van der Waals surface area contributed by atoms with E-state index >= 15 is 0 Å². The number of benzene rings is 3. The number of para-hydroxylation sites is 1. The molecule has 3 aromatic carbocycles. The average molecular weight is 505 g/mol. The lowest BCUT2D eigenvalue weighted by Crippen LogP contribution is -2.42. The quantitative estimate of drug-likeness (QED) is 0.377. The van der Waals surface area contributed by atoms with Gasteiger partial charge in [-0.05, 0) is 55.0 Å². The summed E-state index contributed by atoms with van der Waals surface area (Å²) in [4.78, 5) is 16.4. The fraction of sp³-hybridized carbons (Fsp3) is 0.185. The number of carbonyl (C=O) groups is 1. The van der Waals surface area contributed by atoms with Gasteiger partial charge in [-0.25, -0.2) is 18.2 Å². The minimum Gasteiger partial charge on any atom is -0.493 e. The summed E-state index contributed by atoms with van der Waals surface area (Å²) in [5, 5.41) is 9.65. The molecule has 5 rings (SSSR count). The maximum atomic E-state index is 13.4. The highest BCUT2D eigenvalue weighted by Crippen LogP contribution is 2.37. The average Bonchev–Trinajstić information content (AvgIpc) is 3.46. The van der Waals surface area contributed by atoms with Crippen molar-refractivity contribution < 1.29 is 27.5 Å². The number of oxazole rings is 1. The van der Waals surface area contributed by atoms with E-state index in [1.165, 1.54) is 12.1 Å². The van der Waals surface area contributed by atoms with Crippen LogP contribution in [0.25, 0.3) is 11.5 Å². The number of rotatable bonds is 8. The Morgan fingerprint density at radius 3 is 2.47 bits per heavy atom. The maximum Gasteiger partial charge on any atom is 0.327 e. The van der Waals surface area contributed by atoms with E-state index in [0.717, 1.165) is 21.3 Å². The molecule has 0 saturated carbocycles. The number of aromatic nitrogens is 1. The Balaban J connectivity index is 1.27. The van der Waals surface area contributed by atoms with Gasteiger partial charge in [0.15, 0.2) is 0 Å². The van der Waals surface area contributed by atoms with E-state index in [9.17, 15) is 18.3 Å². The molecule has 9 heteroatoms. The Hall–Kier alpha value is -4.11. The van der Waals surface area contributed by atoms with Crippen LogP contribution in [-0.4, -0.2) is 37.1 Å². The summed E-state index contributed by atoms with van der Waals surface area (Å²) in [7, 11) is -4.08. The van der Waals surface area contributed by atoms with Gasteiger partial charge >= 0.3 is 5.97 Å². The summed E-state index contributed by atoms with van der Waals surface area (Å²) in [5.74, 6) is 0.585. The summed E-state index contributed by atoms with van der Waals surface area (Å²) in [6.45, 7) is 2.18. The van der Waals surface area contributed by atoms with Crippen molar-refractivity contribution in [3.63, 3.8) is 0 Å². The molecule has 0 fully saturated rings. The number of fused-ring (bicyclic) bond motifs is 1. The number of hydrogen-bond acceptors (Lipinski definition) is 6. The number of aliphatic carboxylic acids is 1. The number of aryl methyl sites for hydroxylation is 1. The molecule has 184 valence electrons. The molecule has 0 unspecified atom stereocenters. The third-order valence-electron chi connectivity index (χ3n) is 6.11. The molecule has 1 N–H and O–H groups in total. The second-order valence-corrected chi connectivity index (χ2v) is 10.3.